The van der Waals surface area contributed by atoms with Gasteiger partial charge in [0.1, 0.15) is 0 Å². The molecule has 2 heterocycles. The van der Waals surface area contributed by atoms with E-state index in [2.05, 4.69) is 9.88 Å². The SMILES string of the molecule is Cc1ccc(-c2cnc(CCC(=O)N3CCN(c4cccc([N+](=O)[O-])c4)CC3)o2)cc1. The maximum atomic E-state index is 12.6. The molecule has 4 rings (SSSR count). The van der Waals surface area contributed by atoms with Gasteiger partial charge in [-0.15, -0.1) is 0 Å². The van der Waals surface area contributed by atoms with Crippen molar-refractivity contribution in [2.24, 2.45) is 0 Å². The molecule has 8 heteroatoms. The quantitative estimate of drug-likeness (QED) is 0.444. The average molecular weight is 420 g/mol. The fraction of sp³-hybridized carbons (Fsp3) is 0.304. The third-order valence-electron chi connectivity index (χ3n) is 5.48. The second-order valence-electron chi connectivity index (χ2n) is 7.63. The Morgan fingerprint density at radius 1 is 1.13 bits per heavy atom. The molecule has 0 radical (unpaired) electrons. The maximum absolute atomic E-state index is 12.6. The van der Waals surface area contributed by atoms with Gasteiger partial charge in [-0.1, -0.05) is 35.9 Å². The molecule has 1 saturated heterocycles. The highest BCUT2D eigenvalue weighted by Crippen LogP contribution is 2.23. The number of anilines is 1. The Balaban J connectivity index is 1.28. The Morgan fingerprint density at radius 2 is 1.87 bits per heavy atom. The number of piperazine rings is 1. The summed E-state index contributed by atoms with van der Waals surface area (Å²) in [5.74, 6) is 1.32. The van der Waals surface area contributed by atoms with Crippen molar-refractivity contribution < 1.29 is 14.1 Å². The predicted molar refractivity (Wildman–Crippen MR) is 117 cm³/mol. The fourth-order valence-corrected chi connectivity index (χ4v) is 3.67. The molecular weight excluding hydrogens is 396 g/mol. The summed E-state index contributed by atoms with van der Waals surface area (Å²) in [7, 11) is 0. The Labute approximate surface area is 180 Å². The molecule has 3 aromatic rings. The first kappa shape index (κ1) is 20.6. The lowest BCUT2D eigenvalue weighted by molar-refractivity contribution is -0.384. The molecule has 0 N–H and O–H groups in total. The summed E-state index contributed by atoms with van der Waals surface area (Å²) in [6.07, 6.45) is 2.49. The minimum Gasteiger partial charge on any atom is -0.441 e. The van der Waals surface area contributed by atoms with Crippen molar-refractivity contribution in [2.75, 3.05) is 31.1 Å². The summed E-state index contributed by atoms with van der Waals surface area (Å²) in [6, 6.07) is 14.6. The number of oxazole rings is 1. The molecule has 1 aliphatic rings. The fourth-order valence-electron chi connectivity index (χ4n) is 3.67. The normalized spacial score (nSPS) is 14.0. The van der Waals surface area contributed by atoms with Crippen molar-refractivity contribution in [1.29, 1.82) is 0 Å². The molecule has 2 aromatic carbocycles. The van der Waals surface area contributed by atoms with Gasteiger partial charge in [0.25, 0.3) is 5.69 Å². The molecule has 0 spiro atoms. The first-order valence-corrected chi connectivity index (χ1v) is 10.3. The van der Waals surface area contributed by atoms with Gasteiger partial charge in [-0.3, -0.25) is 14.9 Å². The topological polar surface area (TPSA) is 92.7 Å². The Kier molecular flexibility index (Phi) is 5.97. The number of nitrogens with zero attached hydrogens (tertiary/aromatic N) is 4. The van der Waals surface area contributed by atoms with E-state index in [9.17, 15) is 14.9 Å². The first-order valence-electron chi connectivity index (χ1n) is 10.3. The third-order valence-corrected chi connectivity index (χ3v) is 5.48. The van der Waals surface area contributed by atoms with E-state index in [4.69, 9.17) is 4.42 Å². The lowest BCUT2D eigenvalue weighted by atomic mass is 10.1. The molecule has 0 saturated carbocycles. The number of hydrogen-bond acceptors (Lipinski definition) is 6. The summed E-state index contributed by atoms with van der Waals surface area (Å²) in [5.41, 5.74) is 3.03. The van der Waals surface area contributed by atoms with Crippen LogP contribution in [0.25, 0.3) is 11.3 Å². The molecule has 1 aliphatic heterocycles. The van der Waals surface area contributed by atoms with Crippen LogP contribution in [0.15, 0.2) is 59.1 Å². The van der Waals surface area contributed by atoms with E-state index in [1.807, 2.05) is 42.2 Å². The number of nitro benzene ring substituents is 1. The van der Waals surface area contributed by atoms with E-state index in [1.165, 1.54) is 11.6 Å². The average Bonchev–Trinajstić information content (AvgIpc) is 3.27. The van der Waals surface area contributed by atoms with Crippen LogP contribution in [0.1, 0.15) is 17.9 Å². The monoisotopic (exact) mass is 420 g/mol. The van der Waals surface area contributed by atoms with Crippen LogP contribution in [0, 0.1) is 17.0 Å². The van der Waals surface area contributed by atoms with Crippen LogP contribution in [0.3, 0.4) is 0 Å². The van der Waals surface area contributed by atoms with Crippen molar-refractivity contribution in [3.8, 4) is 11.3 Å². The van der Waals surface area contributed by atoms with Gasteiger partial charge in [0.2, 0.25) is 5.91 Å². The van der Waals surface area contributed by atoms with Crippen molar-refractivity contribution in [3.63, 3.8) is 0 Å². The summed E-state index contributed by atoms with van der Waals surface area (Å²) in [6.45, 7) is 4.49. The number of non-ortho nitro benzene ring substituents is 1. The van der Waals surface area contributed by atoms with Crippen LogP contribution in [0.5, 0.6) is 0 Å². The number of aromatic nitrogens is 1. The lowest BCUT2D eigenvalue weighted by Crippen LogP contribution is -2.48. The van der Waals surface area contributed by atoms with Gasteiger partial charge in [0, 0.05) is 62.4 Å². The Morgan fingerprint density at radius 3 is 2.58 bits per heavy atom. The first-order chi connectivity index (χ1) is 15.0. The number of benzene rings is 2. The number of hydrogen-bond donors (Lipinski definition) is 0. The largest absolute Gasteiger partial charge is 0.441 e. The van der Waals surface area contributed by atoms with Crippen LogP contribution >= 0.6 is 0 Å². The molecule has 160 valence electrons. The number of amides is 1. The molecular formula is C23H24N4O4. The van der Waals surface area contributed by atoms with E-state index in [1.54, 1.807) is 18.3 Å². The smallest absolute Gasteiger partial charge is 0.271 e. The zero-order chi connectivity index (χ0) is 21.8. The number of rotatable bonds is 6. The van der Waals surface area contributed by atoms with Gasteiger partial charge in [0.05, 0.1) is 11.1 Å². The van der Waals surface area contributed by atoms with E-state index < -0.39 is 4.92 Å². The van der Waals surface area contributed by atoms with Crippen LogP contribution in [-0.4, -0.2) is 46.9 Å². The zero-order valence-corrected chi connectivity index (χ0v) is 17.4. The molecule has 0 aliphatic carbocycles. The van der Waals surface area contributed by atoms with Crippen molar-refractivity contribution >= 4 is 17.3 Å². The van der Waals surface area contributed by atoms with E-state index >= 15 is 0 Å². The van der Waals surface area contributed by atoms with E-state index in [-0.39, 0.29) is 11.6 Å². The van der Waals surface area contributed by atoms with Gasteiger partial charge in [-0.2, -0.15) is 0 Å². The molecule has 1 amide bonds. The molecule has 1 aromatic heterocycles. The number of aryl methyl sites for hydroxylation is 2. The van der Waals surface area contributed by atoms with Crippen LogP contribution in [0.2, 0.25) is 0 Å². The van der Waals surface area contributed by atoms with E-state index in [0.29, 0.717) is 50.7 Å². The second-order valence-corrected chi connectivity index (χ2v) is 7.63. The van der Waals surface area contributed by atoms with E-state index in [0.717, 1.165) is 11.3 Å². The number of carbonyl (C=O) groups is 1. The van der Waals surface area contributed by atoms with Crippen molar-refractivity contribution in [2.45, 2.75) is 19.8 Å². The van der Waals surface area contributed by atoms with Gasteiger partial charge in [0.15, 0.2) is 11.7 Å². The standard InChI is InChI=1S/C23H24N4O4/c1-17-5-7-18(8-6-17)21-16-24-22(31-21)9-10-23(28)26-13-11-25(12-14-26)19-3-2-4-20(15-19)27(29)30/h2-8,15-16H,9-14H2,1H3. The molecule has 0 atom stereocenters. The summed E-state index contributed by atoms with van der Waals surface area (Å²) in [4.78, 5) is 31.4. The van der Waals surface area contributed by atoms with Crippen LogP contribution in [0.4, 0.5) is 11.4 Å². The van der Waals surface area contributed by atoms with Crippen LogP contribution < -0.4 is 4.90 Å². The van der Waals surface area contributed by atoms with Crippen molar-refractivity contribution in [1.82, 2.24) is 9.88 Å². The lowest BCUT2D eigenvalue weighted by Gasteiger charge is -2.36. The summed E-state index contributed by atoms with van der Waals surface area (Å²) >= 11 is 0. The highest BCUT2D eigenvalue weighted by atomic mass is 16.6. The van der Waals surface area contributed by atoms with Crippen LogP contribution in [-0.2, 0) is 11.2 Å². The zero-order valence-electron chi connectivity index (χ0n) is 17.4. The Bertz CT molecular complexity index is 1070. The highest BCUT2D eigenvalue weighted by Gasteiger charge is 2.22. The van der Waals surface area contributed by atoms with Gasteiger partial charge in [-0.05, 0) is 13.0 Å². The molecule has 1 fully saturated rings. The van der Waals surface area contributed by atoms with Crippen molar-refractivity contribution in [3.05, 3.63) is 76.3 Å². The minimum absolute atomic E-state index is 0.0637. The van der Waals surface area contributed by atoms with Gasteiger partial charge >= 0.3 is 0 Å². The molecule has 8 nitrogen and oxygen atoms in total. The maximum Gasteiger partial charge on any atom is 0.271 e. The highest BCUT2D eigenvalue weighted by molar-refractivity contribution is 5.76. The Hall–Kier alpha value is -3.68. The molecule has 0 unspecified atom stereocenters. The predicted octanol–water partition coefficient (Wildman–Crippen LogP) is 3.84. The van der Waals surface area contributed by atoms with Gasteiger partial charge < -0.3 is 14.2 Å². The number of nitro groups is 1. The number of carbonyl (C=O) groups excluding carboxylic acids is 1. The van der Waals surface area contributed by atoms with Gasteiger partial charge in [-0.25, -0.2) is 4.98 Å². The minimum atomic E-state index is -0.393. The second kappa shape index (κ2) is 8.99. The summed E-state index contributed by atoms with van der Waals surface area (Å²) < 4.78 is 5.81. The summed E-state index contributed by atoms with van der Waals surface area (Å²) in [5, 5.41) is 11.0. The molecule has 0 bridgehead atoms. The third kappa shape index (κ3) is 4.91. The molecule has 31 heavy (non-hydrogen) atoms.